The van der Waals surface area contributed by atoms with E-state index in [1.54, 1.807) is 6.20 Å². The first-order valence-electron chi connectivity index (χ1n) is 3.53. The summed E-state index contributed by atoms with van der Waals surface area (Å²) in [5.41, 5.74) is 1.80. The molecular formula is C8H7N3. The fraction of sp³-hybridized carbons (Fsp3) is 0.250. The summed E-state index contributed by atoms with van der Waals surface area (Å²) in [6.07, 6.45) is 2.58. The minimum atomic E-state index is 0.646. The number of fused-ring (bicyclic) bond motifs is 1. The van der Waals surface area contributed by atoms with Gasteiger partial charge in [0.25, 0.3) is 0 Å². The summed E-state index contributed by atoms with van der Waals surface area (Å²) >= 11 is 0. The van der Waals surface area contributed by atoms with Crippen LogP contribution in [0.1, 0.15) is 11.1 Å². The highest BCUT2D eigenvalue weighted by atomic mass is 15.0. The molecular weight excluding hydrogens is 138 g/mol. The third kappa shape index (κ3) is 0.926. The molecule has 1 N–H and O–H groups in total. The van der Waals surface area contributed by atoms with Gasteiger partial charge in [0, 0.05) is 12.7 Å². The van der Waals surface area contributed by atoms with E-state index < -0.39 is 0 Å². The van der Waals surface area contributed by atoms with Gasteiger partial charge in [0.2, 0.25) is 0 Å². The van der Waals surface area contributed by atoms with Gasteiger partial charge in [-0.3, -0.25) is 0 Å². The number of nitrogens with zero attached hydrogens (tertiary/aromatic N) is 2. The fourth-order valence-corrected chi connectivity index (χ4v) is 1.24. The smallest absolute Gasteiger partial charge is 0.129 e. The Morgan fingerprint density at radius 2 is 2.55 bits per heavy atom. The van der Waals surface area contributed by atoms with Crippen LogP contribution in [-0.4, -0.2) is 11.5 Å². The number of aromatic nitrogens is 1. The van der Waals surface area contributed by atoms with Gasteiger partial charge < -0.3 is 5.32 Å². The molecule has 2 rings (SSSR count). The third-order valence-corrected chi connectivity index (χ3v) is 1.78. The van der Waals surface area contributed by atoms with E-state index in [2.05, 4.69) is 16.4 Å². The lowest BCUT2D eigenvalue weighted by molar-refractivity contribution is 1.10. The minimum absolute atomic E-state index is 0.646. The van der Waals surface area contributed by atoms with Crippen LogP contribution >= 0.6 is 0 Å². The van der Waals surface area contributed by atoms with Gasteiger partial charge in [-0.1, -0.05) is 0 Å². The Hall–Kier alpha value is -1.56. The zero-order valence-corrected chi connectivity index (χ0v) is 5.96. The predicted octanol–water partition coefficient (Wildman–Crippen LogP) is 0.921. The van der Waals surface area contributed by atoms with Crippen molar-refractivity contribution in [1.82, 2.24) is 4.98 Å². The van der Waals surface area contributed by atoms with Crippen molar-refractivity contribution >= 4 is 5.82 Å². The second-order valence-corrected chi connectivity index (χ2v) is 2.52. The van der Waals surface area contributed by atoms with E-state index in [9.17, 15) is 0 Å². The second-order valence-electron chi connectivity index (χ2n) is 2.52. The molecule has 0 radical (unpaired) electrons. The summed E-state index contributed by atoms with van der Waals surface area (Å²) in [7, 11) is 0. The predicted molar refractivity (Wildman–Crippen MR) is 41.1 cm³/mol. The van der Waals surface area contributed by atoms with Gasteiger partial charge >= 0.3 is 0 Å². The molecule has 1 aliphatic heterocycles. The van der Waals surface area contributed by atoms with Crippen molar-refractivity contribution in [3.63, 3.8) is 0 Å². The van der Waals surface area contributed by atoms with Crippen molar-refractivity contribution in [2.24, 2.45) is 0 Å². The molecule has 0 bridgehead atoms. The fourth-order valence-electron chi connectivity index (χ4n) is 1.24. The lowest BCUT2D eigenvalue weighted by Crippen LogP contribution is -1.92. The first kappa shape index (κ1) is 6.17. The van der Waals surface area contributed by atoms with Crippen molar-refractivity contribution in [2.45, 2.75) is 6.42 Å². The van der Waals surface area contributed by atoms with Crippen LogP contribution in [0.3, 0.4) is 0 Å². The number of hydrogen-bond acceptors (Lipinski definition) is 3. The summed E-state index contributed by atoms with van der Waals surface area (Å²) < 4.78 is 0. The minimum Gasteiger partial charge on any atom is -0.370 e. The summed E-state index contributed by atoms with van der Waals surface area (Å²) in [6, 6.07) is 3.96. The number of nitrogens with one attached hydrogen (secondary N) is 1. The van der Waals surface area contributed by atoms with Crippen molar-refractivity contribution in [2.75, 3.05) is 11.9 Å². The van der Waals surface area contributed by atoms with Gasteiger partial charge in [-0.2, -0.15) is 5.26 Å². The molecule has 0 unspecified atom stereocenters. The van der Waals surface area contributed by atoms with Crippen LogP contribution < -0.4 is 5.32 Å². The highest BCUT2D eigenvalue weighted by Gasteiger charge is 2.10. The van der Waals surface area contributed by atoms with E-state index >= 15 is 0 Å². The standard InChI is InChI=1S/C8H7N3/c9-4-6-3-7-1-2-10-8(7)11-5-6/h3,5H,1-2H2,(H,10,11). The third-order valence-electron chi connectivity index (χ3n) is 1.78. The van der Waals surface area contributed by atoms with Crippen LogP contribution in [0.15, 0.2) is 12.3 Å². The molecule has 1 aliphatic rings. The van der Waals surface area contributed by atoms with E-state index in [0.29, 0.717) is 5.56 Å². The molecule has 0 spiro atoms. The molecule has 2 heterocycles. The molecule has 0 saturated carbocycles. The van der Waals surface area contributed by atoms with Gasteiger partial charge in [-0.05, 0) is 18.1 Å². The zero-order valence-electron chi connectivity index (χ0n) is 5.96. The average Bonchev–Trinajstić information content (AvgIpc) is 2.50. The van der Waals surface area contributed by atoms with E-state index in [1.165, 1.54) is 0 Å². The molecule has 1 aromatic heterocycles. The Kier molecular flexibility index (Phi) is 1.26. The average molecular weight is 145 g/mol. The Labute approximate surface area is 64.7 Å². The summed E-state index contributed by atoms with van der Waals surface area (Å²) in [6.45, 7) is 0.942. The molecule has 0 fully saturated rings. The first-order valence-corrected chi connectivity index (χ1v) is 3.53. The molecule has 0 aliphatic carbocycles. The molecule has 0 aromatic carbocycles. The Bertz CT molecular complexity index is 325. The summed E-state index contributed by atoms with van der Waals surface area (Å²) in [4.78, 5) is 4.10. The molecule has 1 aromatic rings. The number of anilines is 1. The quantitative estimate of drug-likeness (QED) is 0.590. The monoisotopic (exact) mass is 145 g/mol. The van der Waals surface area contributed by atoms with Crippen molar-refractivity contribution < 1.29 is 0 Å². The Balaban J connectivity index is 2.51. The van der Waals surface area contributed by atoms with Crippen molar-refractivity contribution in [3.8, 4) is 6.07 Å². The number of hydrogen-bond donors (Lipinski definition) is 1. The Morgan fingerprint density at radius 3 is 3.36 bits per heavy atom. The van der Waals surface area contributed by atoms with Gasteiger partial charge in [-0.25, -0.2) is 4.98 Å². The van der Waals surface area contributed by atoms with E-state index in [-0.39, 0.29) is 0 Å². The Morgan fingerprint density at radius 1 is 1.64 bits per heavy atom. The lowest BCUT2D eigenvalue weighted by atomic mass is 10.2. The maximum absolute atomic E-state index is 8.56. The SMILES string of the molecule is N#Cc1cnc2c(c1)CCN2. The van der Waals surface area contributed by atoms with Crippen LogP contribution in [0.4, 0.5) is 5.82 Å². The summed E-state index contributed by atoms with van der Waals surface area (Å²) in [5.74, 6) is 0.934. The van der Waals surface area contributed by atoms with Crippen LogP contribution in [-0.2, 0) is 6.42 Å². The molecule has 11 heavy (non-hydrogen) atoms. The topological polar surface area (TPSA) is 48.7 Å². The number of nitriles is 1. The molecule has 0 atom stereocenters. The first-order chi connectivity index (χ1) is 5.40. The largest absolute Gasteiger partial charge is 0.370 e. The molecule has 3 heteroatoms. The van der Waals surface area contributed by atoms with Crippen LogP contribution in [0, 0.1) is 11.3 Å². The van der Waals surface area contributed by atoms with Gasteiger partial charge in [0.05, 0.1) is 5.56 Å². The summed E-state index contributed by atoms with van der Waals surface area (Å²) in [5, 5.41) is 11.7. The molecule has 54 valence electrons. The highest BCUT2D eigenvalue weighted by Crippen LogP contribution is 2.19. The van der Waals surface area contributed by atoms with Crippen molar-refractivity contribution in [1.29, 1.82) is 5.26 Å². The number of rotatable bonds is 0. The second kappa shape index (κ2) is 2.24. The zero-order chi connectivity index (χ0) is 7.68. The maximum atomic E-state index is 8.56. The molecule has 3 nitrogen and oxygen atoms in total. The van der Waals surface area contributed by atoms with E-state index in [4.69, 9.17) is 5.26 Å². The molecule has 0 saturated heterocycles. The van der Waals surface area contributed by atoms with Crippen LogP contribution in [0.25, 0.3) is 0 Å². The lowest BCUT2D eigenvalue weighted by Gasteiger charge is -1.95. The van der Waals surface area contributed by atoms with Crippen LogP contribution in [0.2, 0.25) is 0 Å². The van der Waals surface area contributed by atoms with Gasteiger partial charge in [0.1, 0.15) is 11.9 Å². The van der Waals surface area contributed by atoms with Crippen LogP contribution in [0.5, 0.6) is 0 Å². The number of pyridine rings is 1. The van der Waals surface area contributed by atoms with Crippen molar-refractivity contribution in [3.05, 3.63) is 23.4 Å². The maximum Gasteiger partial charge on any atom is 0.129 e. The highest BCUT2D eigenvalue weighted by molar-refractivity contribution is 5.51. The van der Waals surface area contributed by atoms with E-state index in [1.807, 2.05) is 6.07 Å². The molecule has 0 amide bonds. The normalized spacial score (nSPS) is 13.4. The van der Waals surface area contributed by atoms with Gasteiger partial charge in [-0.15, -0.1) is 0 Å². The van der Waals surface area contributed by atoms with Gasteiger partial charge in [0.15, 0.2) is 0 Å². The van der Waals surface area contributed by atoms with E-state index in [0.717, 1.165) is 24.3 Å².